The minimum Gasteiger partial charge on any atom is -0.396 e. The fourth-order valence-electron chi connectivity index (χ4n) is 4.02. The van der Waals surface area contributed by atoms with E-state index in [0.717, 1.165) is 37.4 Å². The third kappa shape index (κ3) is 6.08. The van der Waals surface area contributed by atoms with Crippen LogP contribution in [0.2, 0.25) is 0 Å². The summed E-state index contributed by atoms with van der Waals surface area (Å²) >= 11 is 0. The maximum Gasteiger partial charge on any atom is 0.238 e. The molecule has 182 valence electrons. The van der Waals surface area contributed by atoms with Crippen LogP contribution in [0.3, 0.4) is 0 Å². The summed E-state index contributed by atoms with van der Waals surface area (Å²) in [6, 6.07) is 6.69. The van der Waals surface area contributed by atoms with Crippen molar-refractivity contribution in [3.8, 4) is 0 Å². The molecule has 7 N–H and O–H groups in total. The molecule has 0 radical (unpaired) electrons. The van der Waals surface area contributed by atoms with Crippen molar-refractivity contribution in [1.29, 1.82) is 0 Å². The molecule has 0 amide bonds. The maximum atomic E-state index is 14.9. The summed E-state index contributed by atoms with van der Waals surface area (Å²) in [5.41, 5.74) is 12.1. The molecule has 0 atom stereocenters. The second-order valence-electron chi connectivity index (χ2n) is 8.26. The molecule has 2 aliphatic heterocycles. The highest BCUT2D eigenvalue weighted by atomic mass is 19.1. The molecule has 2 saturated heterocycles. The number of aromatic nitrogens is 2. The van der Waals surface area contributed by atoms with E-state index in [2.05, 4.69) is 35.1 Å². The molecule has 3 heterocycles. The lowest BCUT2D eigenvalue weighted by atomic mass is 9.98. The van der Waals surface area contributed by atoms with Crippen LogP contribution in [-0.2, 0) is 4.74 Å². The van der Waals surface area contributed by atoms with Gasteiger partial charge in [-0.05, 0) is 37.0 Å². The summed E-state index contributed by atoms with van der Waals surface area (Å²) in [5, 5.41) is 12.2. The number of morpholine rings is 1. The number of anilines is 3. The van der Waals surface area contributed by atoms with E-state index in [0.29, 0.717) is 38.0 Å². The highest BCUT2D eigenvalue weighted by Gasteiger charge is 2.23. The highest BCUT2D eigenvalue weighted by Crippen LogP contribution is 2.24. The number of nitrogens with two attached hydrogens (primary N) is 2. The first-order chi connectivity index (χ1) is 16.5. The molecule has 12 heteroatoms. The zero-order valence-electron chi connectivity index (χ0n) is 19.0. The Morgan fingerprint density at radius 3 is 2.62 bits per heavy atom. The lowest BCUT2D eigenvalue weighted by molar-refractivity contribution is -0.368. The summed E-state index contributed by atoms with van der Waals surface area (Å²) in [6.07, 6.45) is 3.36. The summed E-state index contributed by atoms with van der Waals surface area (Å²) in [5.74, 6) is 0.875. The number of aliphatic hydroxyl groups excluding tert-OH is 1. The third-order valence-electron chi connectivity index (χ3n) is 5.92. The Balaban J connectivity index is 1.52. The second kappa shape index (κ2) is 11.1. The zero-order chi connectivity index (χ0) is 23.9. The van der Waals surface area contributed by atoms with Crippen LogP contribution < -0.4 is 31.6 Å². The molecule has 0 spiro atoms. The van der Waals surface area contributed by atoms with Crippen LogP contribution in [-0.4, -0.2) is 68.0 Å². The number of nitrogens with one attached hydrogen (secondary N) is 2. The minimum absolute atomic E-state index is 0.0154. The number of hydrogen-bond donors (Lipinski definition) is 4. The number of aromatic amines is 1. The molecule has 0 unspecified atom stereocenters. The highest BCUT2D eigenvalue weighted by molar-refractivity contribution is 6.02. The normalized spacial score (nSPS) is 17.5. The molecular weight excluding hydrogens is 441 g/mol. The molecule has 2 fully saturated rings. The molecule has 4 rings (SSSR count). The van der Waals surface area contributed by atoms with Crippen LogP contribution in [0.5, 0.6) is 0 Å². The number of hydrogen-bond acceptors (Lipinski definition) is 6. The van der Waals surface area contributed by atoms with Crippen LogP contribution in [0.1, 0.15) is 12.8 Å². The summed E-state index contributed by atoms with van der Waals surface area (Å²) in [4.78, 5) is 20.0. The molecule has 2 aliphatic rings. The van der Waals surface area contributed by atoms with E-state index in [-0.39, 0.29) is 24.2 Å². The number of rotatable bonds is 5. The monoisotopic (exact) mass is 472 g/mol. The van der Waals surface area contributed by atoms with E-state index in [1.807, 2.05) is 6.07 Å². The van der Waals surface area contributed by atoms with Crippen molar-refractivity contribution in [2.75, 3.05) is 61.1 Å². The van der Waals surface area contributed by atoms with Gasteiger partial charge in [-0.15, -0.1) is 0 Å². The van der Waals surface area contributed by atoms with Crippen LogP contribution in [0.4, 0.5) is 27.4 Å². The van der Waals surface area contributed by atoms with E-state index >= 15 is 0 Å². The number of H-pyrrole nitrogens is 1. The second-order valence-corrected chi connectivity index (χ2v) is 8.26. The average molecular weight is 473 g/mol. The van der Waals surface area contributed by atoms with Gasteiger partial charge in [-0.2, -0.15) is 9.98 Å². The molecule has 1 aromatic carbocycles. The van der Waals surface area contributed by atoms with Crippen molar-refractivity contribution in [2.45, 2.75) is 12.8 Å². The molecule has 34 heavy (non-hydrogen) atoms. The topological polar surface area (TPSA) is 152 Å². The van der Waals surface area contributed by atoms with Gasteiger partial charge in [-0.25, -0.2) is 4.39 Å². The predicted octanol–water partition coefficient (Wildman–Crippen LogP) is 0.453. The van der Waals surface area contributed by atoms with E-state index in [9.17, 15) is 9.50 Å². The van der Waals surface area contributed by atoms with Gasteiger partial charge < -0.3 is 31.5 Å². The van der Waals surface area contributed by atoms with E-state index in [1.54, 1.807) is 12.1 Å². The number of piperidine rings is 1. The van der Waals surface area contributed by atoms with Gasteiger partial charge in [0.2, 0.25) is 23.9 Å². The first-order valence-electron chi connectivity index (χ1n) is 11.3. The van der Waals surface area contributed by atoms with Crippen molar-refractivity contribution in [2.24, 2.45) is 27.4 Å². The Bertz CT molecular complexity index is 1030. The number of aliphatic imine (C=N–C) groups is 2. The van der Waals surface area contributed by atoms with Crippen molar-refractivity contribution in [1.82, 2.24) is 4.98 Å². The van der Waals surface area contributed by atoms with Gasteiger partial charge >= 0.3 is 0 Å². The molecule has 0 bridgehead atoms. The van der Waals surface area contributed by atoms with Crippen molar-refractivity contribution < 1.29 is 19.2 Å². The first kappa shape index (κ1) is 23.6. The fraction of sp³-hybridized carbons (Fsp3) is 0.455. The predicted molar refractivity (Wildman–Crippen MR) is 129 cm³/mol. The number of halogens is 1. The van der Waals surface area contributed by atoms with E-state index < -0.39 is 5.82 Å². The van der Waals surface area contributed by atoms with Gasteiger partial charge in [0.25, 0.3) is 0 Å². The summed E-state index contributed by atoms with van der Waals surface area (Å²) < 4.78 is 20.2. The van der Waals surface area contributed by atoms with Crippen molar-refractivity contribution >= 4 is 34.9 Å². The van der Waals surface area contributed by atoms with Crippen molar-refractivity contribution in [3.63, 3.8) is 0 Å². The van der Waals surface area contributed by atoms with Crippen LogP contribution >= 0.6 is 0 Å². The quantitative estimate of drug-likeness (QED) is 0.362. The Morgan fingerprint density at radius 1 is 1.18 bits per heavy atom. The van der Waals surface area contributed by atoms with E-state index in [4.69, 9.17) is 16.2 Å². The molecule has 0 saturated carbocycles. The standard InChI is InChI=1S/C22H30FN9O2/c23-17-11-16(31-7-9-34-10-8-31)1-2-18(17)28-22(30-21(24)25)29-19-12-20(27-14-26-19)32-5-3-15(13-33)4-6-32/h1-2,11-12,14-15,33H,3-10,13H2,(H5,24,25,26,27,28,29,30)/p+1. The lowest BCUT2D eigenvalue weighted by Crippen LogP contribution is -2.37. The molecule has 1 aromatic heterocycles. The Kier molecular flexibility index (Phi) is 7.70. The van der Waals surface area contributed by atoms with Crippen LogP contribution in [0.25, 0.3) is 0 Å². The van der Waals surface area contributed by atoms with Gasteiger partial charge in [-0.3, -0.25) is 9.88 Å². The van der Waals surface area contributed by atoms with Crippen LogP contribution in [0, 0.1) is 11.7 Å². The van der Waals surface area contributed by atoms with Gasteiger partial charge in [0.15, 0.2) is 5.96 Å². The fourth-order valence-corrected chi connectivity index (χ4v) is 4.02. The van der Waals surface area contributed by atoms with Gasteiger partial charge in [-0.1, -0.05) is 4.98 Å². The smallest absolute Gasteiger partial charge is 0.238 e. The van der Waals surface area contributed by atoms with Gasteiger partial charge in [0, 0.05) is 25.4 Å². The Labute approximate surface area is 197 Å². The number of nitrogens with zero attached hydrogens (tertiary/aromatic N) is 5. The number of benzene rings is 1. The first-order valence-corrected chi connectivity index (χ1v) is 11.3. The third-order valence-corrected chi connectivity index (χ3v) is 5.92. The summed E-state index contributed by atoms with van der Waals surface area (Å²) in [7, 11) is 0. The SMILES string of the molecule is NC(N)=NC(=Nc1cc(N2CCC(CO)CC2)[nH+]cn1)Nc1ccc(N2CCOCC2)cc1F. The number of guanidine groups is 2. The van der Waals surface area contributed by atoms with E-state index in [1.165, 1.54) is 12.4 Å². The largest absolute Gasteiger partial charge is 0.396 e. The molecular formula is C22H31FN9O2+. The van der Waals surface area contributed by atoms with Gasteiger partial charge in [0.05, 0.1) is 38.1 Å². The average Bonchev–Trinajstić information content (AvgIpc) is 2.85. The molecule has 11 nitrogen and oxygen atoms in total. The Morgan fingerprint density at radius 2 is 1.94 bits per heavy atom. The molecule has 2 aromatic rings. The minimum atomic E-state index is -0.454. The zero-order valence-corrected chi connectivity index (χ0v) is 19.0. The lowest BCUT2D eigenvalue weighted by Gasteiger charge is -2.29. The van der Waals surface area contributed by atoms with Gasteiger partial charge in [0.1, 0.15) is 5.82 Å². The number of aliphatic hydroxyl groups is 1. The number of ether oxygens (including phenoxy) is 1. The Hall–Kier alpha value is -3.51. The maximum absolute atomic E-state index is 14.9. The summed E-state index contributed by atoms with van der Waals surface area (Å²) in [6.45, 7) is 4.50. The molecule has 0 aliphatic carbocycles. The van der Waals surface area contributed by atoms with Crippen LogP contribution in [0.15, 0.2) is 40.6 Å². The van der Waals surface area contributed by atoms with Crippen molar-refractivity contribution in [3.05, 3.63) is 36.4 Å².